The van der Waals surface area contributed by atoms with Gasteiger partial charge in [0, 0.05) is 4.90 Å². The molecule has 0 heterocycles. The quantitative estimate of drug-likeness (QED) is 0.452. The molecule has 0 aliphatic rings. The van der Waals surface area contributed by atoms with Gasteiger partial charge in [0.05, 0.1) is 6.42 Å². The van der Waals surface area contributed by atoms with Crippen LogP contribution in [0.3, 0.4) is 0 Å². The Hall–Kier alpha value is -3.40. The second-order valence-corrected chi connectivity index (χ2v) is 7.48. The summed E-state index contributed by atoms with van der Waals surface area (Å²) < 4.78 is 0. The molecule has 0 saturated heterocycles. The van der Waals surface area contributed by atoms with E-state index in [0.717, 1.165) is 22.3 Å². The van der Waals surface area contributed by atoms with Gasteiger partial charge in [0.15, 0.2) is 0 Å². The number of carboxylic acid groups (broad SMARTS) is 1. The van der Waals surface area contributed by atoms with Crippen LogP contribution in [0.4, 0.5) is 0 Å². The molecule has 0 saturated carbocycles. The molecule has 0 radical (unpaired) electrons. The van der Waals surface area contributed by atoms with E-state index in [1.54, 1.807) is 11.8 Å². The fourth-order valence-electron chi connectivity index (χ4n) is 3.46. The number of carbonyl (C=O) groups is 1. The van der Waals surface area contributed by atoms with Gasteiger partial charge in [0.25, 0.3) is 0 Å². The van der Waals surface area contributed by atoms with Gasteiger partial charge in [0.1, 0.15) is 0 Å². The monoisotopic (exact) mass is 432 g/mol. The lowest BCUT2D eigenvalue weighted by Gasteiger charge is -2.17. The van der Waals surface area contributed by atoms with Gasteiger partial charge in [-0.2, -0.15) is 9.59 Å². The lowest BCUT2D eigenvalue weighted by Crippen LogP contribution is -2.02. The van der Waals surface area contributed by atoms with Crippen molar-refractivity contribution in [3.63, 3.8) is 0 Å². The zero-order valence-corrected chi connectivity index (χ0v) is 18.3. The molecular weight excluding hydrogens is 408 g/mol. The summed E-state index contributed by atoms with van der Waals surface area (Å²) in [5.41, 5.74) is 6.47. The van der Waals surface area contributed by atoms with Gasteiger partial charge in [-0.25, -0.2) is 0 Å². The molecular formula is C26H24O4S. The largest absolute Gasteiger partial charge is 0.481 e. The second kappa shape index (κ2) is 12.3. The van der Waals surface area contributed by atoms with Gasteiger partial charge in [0.2, 0.25) is 0 Å². The molecule has 3 rings (SSSR count). The summed E-state index contributed by atoms with van der Waals surface area (Å²) in [6, 6.07) is 26.9. The standard InChI is InChI=1S/C25H24O2S.CO2/c1-3-18(17-24(26)27)25(20-12-8-5-9-13-20)21-14-15-22(23(16-21)28-2)19-10-6-4-7-11-19;2-1-3/h4-16H,3,17H2,1-2H3,(H,26,27);/b25-18-;. The minimum Gasteiger partial charge on any atom is -0.481 e. The van der Waals surface area contributed by atoms with E-state index in [1.807, 2.05) is 43.3 Å². The van der Waals surface area contributed by atoms with Gasteiger partial charge in [-0.3, -0.25) is 4.79 Å². The van der Waals surface area contributed by atoms with Crippen molar-refractivity contribution in [3.8, 4) is 11.1 Å². The van der Waals surface area contributed by atoms with Crippen molar-refractivity contribution in [2.75, 3.05) is 6.26 Å². The molecule has 5 heteroatoms. The molecule has 1 N–H and O–H groups in total. The smallest absolute Gasteiger partial charge is 0.373 e. The van der Waals surface area contributed by atoms with Crippen molar-refractivity contribution < 1.29 is 19.5 Å². The predicted octanol–water partition coefficient (Wildman–Crippen LogP) is 6.18. The maximum atomic E-state index is 11.5. The van der Waals surface area contributed by atoms with Gasteiger partial charge in [-0.1, -0.05) is 85.3 Å². The third kappa shape index (κ3) is 6.54. The Morgan fingerprint density at radius 3 is 2.00 bits per heavy atom. The van der Waals surface area contributed by atoms with Gasteiger partial charge >= 0.3 is 12.1 Å². The van der Waals surface area contributed by atoms with Crippen LogP contribution < -0.4 is 0 Å². The molecule has 0 bridgehead atoms. The Morgan fingerprint density at radius 1 is 0.903 bits per heavy atom. The fourth-order valence-corrected chi connectivity index (χ4v) is 4.11. The summed E-state index contributed by atoms with van der Waals surface area (Å²) in [6.45, 7) is 2.02. The second-order valence-electron chi connectivity index (χ2n) is 6.63. The Morgan fingerprint density at radius 2 is 1.48 bits per heavy atom. The first-order chi connectivity index (χ1) is 15.0. The normalized spacial score (nSPS) is 10.9. The minimum atomic E-state index is -0.795. The molecule has 4 nitrogen and oxygen atoms in total. The van der Waals surface area contributed by atoms with E-state index in [1.165, 1.54) is 16.0 Å². The molecule has 0 unspecified atom stereocenters. The Labute approximate surface area is 186 Å². The number of benzene rings is 3. The molecule has 0 spiro atoms. The number of thioether (sulfide) groups is 1. The molecule has 0 aliphatic carbocycles. The maximum Gasteiger partial charge on any atom is 0.373 e. The highest BCUT2D eigenvalue weighted by Crippen LogP contribution is 2.36. The topological polar surface area (TPSA) is 71.4 Å². The van der Waals surface area contributed by atoms with E-state index < -0.39 is 5.97 Å². The molecule has 31 heavy (non-hydrogen) atoms. The highest BCUT2D eigenvalue weighted by Gasteiger charge is 2.15. The summed E-state index contributed by atoms with van der Waals surface area (Å²) in [5, 5.41) is 9.41. The van der Waals surface area contributed by atoms with Crippen molar-refractivity contribution in [2.45, 2.75) is 24.7 Å². The summed E-state index contributed by atoms with van der Waals surface area (Å²) in [5.74, 6) is -0.795. The zero-order valence-electron chi connectivity index (χ0n) is 17.5. The van der Waals surface area contributed by atoms with Crippen LogP contribution in [-0.4, -0.2) is 23.5 Å². The number of aliphatic carboxylic acids is 1. The maximum absolute atomic E-state index is 11.5. The van der Waals surface area contributed by atoms with Crippen LogP contribution in [0.1, 0.15) is 30.9 Å². The summed E-state index contributed by atoms with van der Waals surface area (Å²) in [4.78, 5) is 28.9. The fraction of sp³-hybridized carbons (Fsp3) is 0.154. The van der Waals surface area contributed by atoms with E-state index in [0.29, 0.717) is 6.42 Å². The number of rotatable bonds is 7. The van der Waals surface area contributed by atoms with E-state index in [-0.39, 0.29) is 12.6 Å². The SMILES string of the molecule is CC/C(CC(=O)O)=C(\c1ccccc1)c1ccc(-c2ccccc2)c(SC)c1.O=C=O. The zero-order chi connectivity index (χ0) is 22.6. The first-order valence-electron chi connectivity index (χ1n) is 9.78. The van der Waals surface area contributed by atoms with Crippen molar-refractivity contribution in [2.24, 2.45) is 0 Å². The summed E-state index contributed by atoms with van der Waals surface area (Å²) >= 11 is 1.71. The summed E-state index contributed by atoms with van der Waals surface area (Å²) in [6.07, 6.45) is 3.08. The summed E-state index contributed by atoms with van der Waals surface area (Å²) in [7, 11) is 0. The van der Waals surface area contributed by atoms with Gasteiger partial charge < -0.3 is 5.11 Å². The number of hydrogen-bond acceptors (Lipinski definition) is 4. The molecule has 0 amide bonds. The van der Waals surface area contributed by atoms with Crippen LogP contribution in [0.15, 0.2) is 89.3 Å². The third-order valence-electron chi connectivity index (χ3n) is 4.78. The van der Waals surface area contributed by atoms with Crippen LogP contribution in [0, 0.1) is 0 Å². The molecule has 0 fully saturated rings. The van der Waals surface area contributed by atoms with Crippen LogP contribution in [0.5, 0.6) is 0 Å². The number of hydrogen-bond donors (Lipinski definition) is 1. The van der Waals surface area contributed by atoms with Crippen molar-refractivity contribution in [1.82, 2.24) is 0 Å². The van der Waals surface area contributed by atoms with Gasteiger partial charge in [-0.05, 0) is 46.6 Å². The number of carboxylic acids is 1. The van der Waals surface area contributed by atoms with E-state index in [9.17, 15) is 9.90 Å². The Balaban J connectivity index is 0.00000107. The van der Waals surface area contributed by atoms with E-state index in [4.69, 9.17) is 9.59 Å². The molecule has 0 atom stereocenters. The first-order valence-corrected chi connectivity index (χ1v) is 11.0. The van der Waals surface area contributed by atoms with Crippen LogP contribution in [0.2, 0.25) is 0 Å². The highest BCUT2D eigenvalue weighted by molar-refractivity contribution is 7.98. The Kier molecular flexibility index (Phi) is 9.50. The van der Waals surface area contributed by atoms with Crippen molar-refractivity contribution >= 4 is 29.5 Å². The average Bonchev–Trinajstić information content (AvgIpc) is 2.80. The lowest BCUT2D eigenvalue weighted by atomic mass is 9.89. The van der Waals surface area contributed by atoms with Crippen molar-refractivity contribution in [3.05, 3.63) is 95.6 Å². The minimum absolute atomic E-state index is 0.0514. The predicted molar refractivity (Wildman–Crippen MR) is 124 cm³/mol. The molecule has 3 aromatic carbocycles. The van der Waals surface area contributed by atoms with Crippen molar-refractivity contribution in [1.29, 1.82) is 0 Å². The van der Waals surface area contributed by atoms with Crippen LogP contribution in [-0.2, 0) is 14.4 Å². The molecule has 0 aliphatic heterocycles. The molecule has 0 aromatic heterocycles. The lowest BCUT2D eigenvalue weighted by molar-refractivity contribution is -0.191. The Bertz CT molecular complexity index is 1070. The van der Waals surface area contributed by atoms with Crippen LogP contribution >= 0.6 is 11.8 Å². The van der Waals surface area contributed by atoms with Crippen LogP contribution in [0.25, 0.3) is 16.7 Å². The van der Waals surface area contributed by atoms with Gasteiger partial charge in [-0.15, -0.1) is 11.8 Å². The molecule has 3 aromatic rings. The molecule has 158 valence electrons. The first kappa shape index (κ1) is 23.9. The van der Waals surface area contributed by atoms with E-state index >= 15 is 0 Å². The number of carbonyl (C=O) groups excluding carboxylic acids is 2. The highest BCUT2D eigenvalue weighted by atomic mass is 32.2. The average molecular weight is 433 g/mol. The third-order valence-corrected chi connectivity index (χ3v) is 5.56. The van der Waals surface area contributed by atoms with E-state index in [2.05, 4.69) is 48.7 Å².